The maximum Gasteiger partial charge on any atom is 0.253 e. The SMILES string of the molecule is Cc1nc(-c2ccc(CCNC(=O)CNC(=O)c3ccccc3Cl)cc2)cs1. The third kappa shape index (κ3) is 5.41. The van der Waals surface area contributed by atoms with Gasteiger partial charge in [0, 0.05) is 17.5 Å². The molecule has 0 aliphatic heterocycles. The fourth-order valence-corrected chi connectivity index (χ4v) is 3.49. The van der Waals surface area contributed by atoms with Gasteiger partial charge in [-0.3, -0.25) is 9.59 Å². The molecule has 144 valence electrons. The Bertz CT molecular complexity index is 970. The first-order valence-electron chi connectivity index (χ1n) is 8.84. The van der Waals surface area contributed by atoms with Gasteiger partial charge in [0.25, 0.3) is 5.91 Å². The highest BCUT2D eigenvalue weighted by Gasteiger charge is 2.10. The Morgan fingerprint density at radius 1 is 1.07 bits per heavy atom. The van der Waals surface area contributed by atoms with Crippen molar-refractivity contribution in [2.45, 2.75) is 13.3 Å². The summed E-state index contributed by atoms with van der Waals surface area (Å²) >= 11 is 7.60. The molecule has 1 heterocycles. The second kappa shape index (κ2) is 9.48. The molecule has 0 radical (unpaired) electrons. The highest BCUT2D eigenvalue weighted by molar-refractivity contribution is 7.09. The molecule has 0 unspecified atom stereocenters. The van der Waals surface area contributed by atoms with E-state index in [4.69, 9.17) is 11.6 Å². The van der Waals surface area contributed by atoms with Crippen molar-refractivity contribution in [1.29, 1.82) is 0 Å². The number of hydrogen-bond donors (Lipinski definition) is 2. The first-order chi connectivity index (χ1) is 13.5. The first-order valence-corrected chi connectivity index (χ1v) is 10.1. The quantitative estimate of drug-likeness (QED) is 0.617. The number of halogens is 1. The van der Waals surface area contributed by atoms with Gasteiger partial charge in [0.2, 0.25) is 5.91 Å². The third-order valence-electron chi connectivity index (χ3n) is 4.13. The lowest BCUT2D eigenvalue weighted by Crippen LogP contribution is -2.37. The maximum absolute atomic E-state index is 12.0. The first kappa shape index (κ1) is 20.0. The molecule has 0 aliphatic rings. The van der Waals surface area contributed by atoms with E-state index in [0.717, 1.165) is 21.8 Å². The molecule has 2 N–H and O–H groups in total. The summed E-state index contributed by atoms with van der Waals surface area (Å²) in [5.74, 6) is -0.608. The van der Waals surface area contributed by atoms with Crippen molar-refractivity contribution in [2.24, 2.45) is 0 Å². The van der Waals surface area contributed by atoms with E-state index in [1.807, 2.05) is 36.6 Å². The molecule has 0 saturated heterocycles. The predicted molar refractivity (Wildman–Crippen MR) is 113 cm³/mol. The minimum absolute atomic E-state index is 0.0911. The molecule has 0 fully saturated rings. The Hall–Kier alpha value is -2.70. The lowest BCUT2D eigenvalue weighted by Gasteiger charge is -2.08. The molecule has 2 amide bonds. The number of carbonyl (C=O) groups is 2. The molecule has 0 atom stereocenters. The van der Waals surface area contributed by atoms with E-state index >= 15 is 0 Å². The Morgan fingerprint density at radius 3 is 2.50 bits per heavy atom. The van der Waals surface area contributed by atoms with Crippen molar-refractivity contribution < 1.29 is 9.59 Å². The summed E-state index contributed by atoms with van der Waals surface area (Å²) in [6, 6.07) is 14.9. The summed E-state index contributed by atoms with van der Waals surface area (Å²) < 4.78 is 0. The lowest BCUT2D eigenvalue weighted by atomic mass is 10.1. The van der Waals surface area contributed by atoms with Crippen LogP contribution in [0.3, 0.4) is 0 Å². The topological polar surface area (TPSA) is 71.1 Å². The van der Waals surface area contributed by atoms with Crippen molar-refractivity contribution in [3.8, 4) is 11.3 Å². The van der Waals surface area contributed by atoms with E-state index in [0.29, 0.717) is 23.6 Å². The Labute approximate surface area is 172 Å². The zero-order valence-corrected chi connectivity index (χ0v) is 16.9. The van der Waals surface area contributed by atoms with Crippen molar-refractivity contribution in [2.75, 3.05) is 13.1 Å². The minimum atomic E-state index is -0.367. The number of amides is 2. The van der Waals surface area contributed by atoms with Crippen LogP contribution >= 0.6 is 22.9 Å². The van der Waals surface area contributed by atoms with Gasteiger partial charge in [-0.15, -0.1) is 11.3 Å². The zero-order chi connectivity index (χ0) is 19.9. The molecule has 2 aromatic carbocycles. The molecule has 0 spiro atoms. The molecule has 5 nitrogen and oxygen atoms in total. The molecule has 3 aromatic rings. The lowest BCUT2D eigenvalue weighted by molar-refractivity contribution is -0.120. The van der Waals surface area contributed by atoms with Crippen LogP contribution in [0.15, 0.2) is 53.9 Å². The highest BCUT2D eigenvalue weighted by atomic mass is 35.5. The zero-order valence-electron chi connectivity index (χ0n) is 15.4. The van der Waals surface area contributed by atoms with E-state index in [1.54, 1.807) is 35.6 Å². The number of nitrogens with one attached hydrogen (secondary N) is 2. The van der Waals surface area contributed by atoms with Gasteiger partial charge in [0.15, 0.2) is 0 Å². The fourth-order valence-electron chi connectivity index (χ4n) is 2.65. The summed E-state index contributed by atoms with van der Waals surface area (Å²) in [7, 11) is 0. The van der Waals surface area contributed by atoms with Crippen molar-refractivity contribution in [1.82, 2.24) is 15.6 Å². The van der Waals surface area contributed by atoms with Crippen LogP contribution in [0.2, 0.25) is 5.02 Å². The van der Waals surface area contributed by atoms with Gasteiger partial charge >= 0.3 is 0 Å². The second-order valence-electron chi connectivity index (χ2n) is 6.21. The second-order valence-corrected chi connectivity index (χ2v) is 7.68. The number of hydrogen-bond acceptors (Lipinski definition) is 4. The average Bonchev–Trinajstić information content (AvgIpc) is 3.13. The Morgan fingerprint density at radius 2 is 1.82 bits per heavy atom. The van der Waals surface area contributed by atoms with E-state index in [2.05, 4.69) is 15.6 Å². The maximum atomic E-state index is 12.0. The van der Waals surface area contributed by atoms with E-state index < -0.39 is 0 Å². The summed E-state index contributed by atoms with van der Waals surface area (Å²) in [6.45, 7) is 2.39. The van der Waals surface area contributed by atoms with Gasteiger partial charge in [0.1, 0.15) is 0 Å². The number of aromatic nitrogens is 1. The van der Waals surface area contributed by atoms with E-state index in [9.17, 15) is 9.59 Å². The summed E-state index contributed by atoms with van der Waals surface area (Å²) in [5, 5.41) is 8.83. The molecule has 0 bridgehead atoms. The molecule has 0 aliphatic carbocycles. The van der Waals surface area contributed by atoms with Crippen molar-refractivity contribution in [3.05, 3.63) is 75.1 Å². The number of aryl methyl sites for hydroxylation is 1. The normalized spacial score (nSPS) is 10.5. The largest absolute Gasteiger partial charge is 0.354 e. The van der Waals surface area contributed by atoms with E-state index in [-0.39, 0.29) is 18.4 Å². The van der Waals surface area contributed by atoms with Crippen LogP contribution in [-0.4, -0.2) is 29.9 Å². The smallest absolute Gasteiger partial charge is 0.253 e. The summed E-state index contributed by atoms with van der Waals surface area (Å²) in [4.78, 5) is 28.4. The number of thiazole rings is 1. The average molecular weight is 414 g/mol. The van der Waals surface area contributed by atoms with Gasteiger partial charge in [-0.05, 0) is 31.0 Å². The van der Waals surface area contributed by atoms with Crippen molar-refractivity contribution >= 4 is 34.8 Å². The van der Waals surface area contributed by atoms with Crippen LogP contribution in [0.25, 0.3) is 11.3 Å². The van der Waals surface area contributed by atoms with Gasteiger partial charge in [0.05, 0.1) is 27.8 Å². The Balaban J connectivity index is 1.41. The summed E-state index contributed by atoms with van der Waals surface area (Å²) in [5.41, 5.74) is 3.54. The van der Waals surface area contributed by atoms with Crippen LogP contribution < -0.4 is 10.6 Å². The molecule has 7 heteroatoms. The molecular weight excluding hydrogens is 394 g/mol. The van der Waals surface area contributed by atoms with Gasteiger partial charge in [-0.2, -0.15) is 0 Å². The number of carbonyl (C=O) groups excluding carboxylic acids is 2. The monoisotopic (exact) mass is 413 g/mol. The highest BCUT2D eigenvalue weighted by Crippen LogP contribution is 2.21. The molecule has 3 rings (SSSR count). The van der Waals surface area contributed by atoms with Crippen LogP contribution in [0.1, 0.15) is 20.9 Å². The summed E-state index contributed by atoms with van der Waals surface area (Å²) in [6.07, 6.45) is 0.709. The third-order valence-corrected chi connectivity index (χ3v) is 5.24. The predicted octanol–water partition coefficient (Wildman–Crippen LogP) is 3.86. The van der Waals surface area contributed by atoms with Crippen LogP contribution in [-0.2, 0) is 11.2 Å². The van der Waals surface area contributed by atoms with Crippen LogP contribution in [0.5, 0.6) is 0 Å². The number of nitrogens with zero attached hydrogens (tertiary/aromatic N) is 1. The Kier molecular flexibility index (Phi) is 6.79. The number of rotatable bonds is 7. The van der Waals surface area contributed by atoms with Gasteiger partial charge < -0.3 is 10.6 Å². The van der Waals surface area contributed by atoms with Gasteiger partial charge in [-0.1, -0.05) is 48.0 Å². The van der Waals surface area contributed by atoms with Gasteiger partial charge in [-0.25, -0.2) is 4.98 Å². The minimum Gasteiger partial charge on any atom is -0.354 e. The number of benzene rings is 2. The molecular formula is C21H20ClN3O2S. The van der Waals surface area contributed by atoms with E-state index in [1.165, 1.54) is 0 Å². The molecule has 28 heavy (non-hydrogen) atoms. The van der Waals surface area contributed by atoms with Crippen molar-refractivity contribution in [3.63, 3.8) is 0 Å². The molecule has 1 aromatic heterocycles. The molecule has 0 saturated carbocycles. The standard InChI is InChI=1S/C21H20ClN3O2S/c1-14-25-19(13-28-14)16-8-6-15(7-9-16)10-11-23-20(26)12-24-21(27)17-4-2-3-5-18(17)22/h2-9,13H,10-12H2,1H3,(H,23,26)(H,24,27). The van der Waals surface area contributed by atoms with Crippen LogP contribution in [0.4, 0.5) is 0 Å². The van der Waals surface area contributed by atoms with Crippen LogP contribution in [0, 0.1) is 6.92 Å². The fraction of sp³-hybridized carbons (Fsp3) is 0.190.